The summed E-state index contributed by atoms with van der Waals surface area (Å²) >= 11 is 0. The van der Waals surface area contributed by atoms with Crippen molar-refractivity contribution in [2.75, 3.05) is 4.90 Å². The van der Waals surface area contributed by atoms with Crippen LogP contribution in [-0.4, -0.2) is 4.57 Å². The van der Waals surface area contributed by atoms with Crippen molar-refractivity contribution in [3.63, 3.8) is 0 Å². The summed E-state index contributed by atoms with van der Waals surface area (Å²) in [7, 11) is 0. The Labute approximate surface area is 391 Å². The van der Waals surface area contributed by atoms with Crippen LogP contribution in [0.25, 0.3) is 93.5 Å². The molecule has 12 aromatic rings. The molecule has 0 unspecified atom stereocenters. The van der Waals surface area contributed by atoms with Crippen LogP contribution >= 0.6 is 0 Å². The molecule has 0 spiro atoms. The standard InChI is InChI=1S/C65H46N2/c1-65(2)59-31-15-10-27-52(59)53-39-37-46(42-60(53)65)66(61-32-16-11-24-48(61)43-20-4-3-5-21-43)45-36-38-51(58(41-45)57-40-44-22-6-7-23-47(44)49-25-8-9-26-50(49)57)54-28-12-17-33-62(54)67-63-34-18-13-29-55(63)56-30-14-19-35-64(56)67/h3-42H,1-2H3. The van der Waals surface area contributed by atoms with Gasteiger partial charge in [0.25, 0.3) is 0 Å². The number of hydrogen-bond donors (Lipinski definition) is 0. The molecule has 67 heavy (non-hydrogen) atoms. The normalized spacial score (nSPS) is 12.7. The molecule has 0 aliphatic heterocycles. The van der Waals surface area contributed by atoms with E-state index in [1.807, 2.05) is 0 Å². The molecule has 2 heteroatoms. The topological polar surface area (TPSA) is 8.17 Å². The third-order valence-corrected chi connectivity index (χ3v) is 14.4. The van der Waals surface area contributed by atoms with Crippen molar-refractivity contribution in [2.45, 2.75) is 19.3 Å². The molecule has 316 valence electrons. The number of hydrogen-bond acceptors (Lipinski definition) is 1. The van der Waals surface area contributed by atoms with E-state index >= 15 is 0 Å². The lowest BCUT2D eigenvalue weighted by Gasteiger charge is -2.31. The Kier molecular flexibility index (Phi) is 8.91. The van der Waals surface area contributed by atoms with Gasteiger partial charge in [0, 0.05) is 38.7 Å². The Morgan fingerprint density at radius 2 is 0.866 bits per heavy atom. The SMILES string of the molecule is CC1(C)c2ccccc2-c2ccc(N(c3ccc(-c4ccccc4-n4c5ccccc5c5ccccc54)c(-c4cc5ccccc5c5ccccc45)c3)c3ccccc3-c3ccccc3)cc21. The van der Waals surface area contributed by atoms with E-state index in [-0.39, 0.29) is 5.41 Å². The van der Waals surface area contributed by atoms with Gasteiger partial charge in [-0.25, -0.2) is 0 Å². The Balaban J connectivity index is 1.11. The van der Waals surface area contributed by atoms with Crippen LogP contribution in [0.2, 0.25) is 0 Å². The van der Waals surface area contributed by atoms with Crippen molar-refractivity contribution in [3.8, 4) is 50.2 Å². The first-order chi connectivity index (χ1) is 33.0. The fourth-order valence-corrected chi connectivity index (χ4v) is 11.3. The molecule has 0 fully saturated rings. The lowest BCUT2D eigenvalue weighted by atomic mass is 9.82. The van der Waals surface area contributed by atoms with Crippen LogP contribution in [-0.2, 0) is 5.41 Å². The lowest BCUT2D eigenvalue weighted by Crippen LogP contribution is -2.17. The minimum Gasteiger partial charge on any atom is -0.310 e. The molecule has 1 heterocycles. The van der Waals surface area contributed by atoms with Gasteiger partial charge in [0.15, 0.2) is 0 Å². The Hall–Kier alpha value is -8.46. The van der Waals surface area contributed by atoms with Gasteiger partial charge in [-0.15, -0.1) is 0 Å². The van der Waals surface area contributed by atoms with Crippen molar-refractivity contribution in [1.29, 1.82) is 0 Å². The first-order valence-electron chi connectivity index (χ1n) is 23.3. The molecule has 13 rings (SSSR count). The van der Waals surface area contributed by atoms with Crippen molar-refractivity contribution in [2.24, 2.45) is 0 Å². The Morgan fingerprint density at radius 1 is 0.328 bits per heavy atom. The van der Waals surface area contributed by atoms with Crippen LogP contribution < -0.4 is 4.90 Å². The number of benzene rings is 11. The van der Waals surface area contributed by atoms with E-state index in [0.717, 1.165) is 22.7 Å². The van der Waals surface area contributed by atoms with E-state index in [4.69, 9.17) is 0 Å². The second-order valence-electron chi connectivity index (χ2n) is 18.4. The minimum atomic E-state index is -0.165. The number of nitrogens with zero attached hydrogens (tertiary/aromatic N) is 2. The van der Waals surface area contributed by atoms with E-state index < -0.39 is 0 Å². The predicted molar refractivity (Wildman–Crippen MR) is 284 cm³/mol. The molecule has 0 amide bonds. The highest BCUT2D eigenvalue weighted by Crippen LogP contribution is 2.52. The first-order valence-corrected chi connectivity index (χ1v) is 23.3. The van der Waals surface area contributed by atoms with Crippen LogP contribution in [0.1, 0.15) is 25.0 Å². The second-order valence-corrected chi connectivity index (χ2v) is 18.4. The van der Waals surface area contributed by atoms with Gasteiger partial charge < -0.3 is 9.47 Å². The highest BCUT2D eigenvalue weighted by molar-refractivity contribution is 6.16. The van der Waals surface area contributed by atoms with Gasteiger partial charge >= 0.3 is 0 Å². The van der Waals surface area contributed by atoms with Gasteiger partial charge in [0.2, 0.25) is 0 Å². The maximum Gasteiger partial charge on any atom is 0.0541 e. The monoisotopic (exact) mass is 854 g/mol. The molecule has 0 saturated heterocycles. The second kappa shape index (κ2) is 15.3. The summed E-state index contributed by atoms with van der Waals surface area (Å²) < 4.78 is 2.46. The number of fused-ring (bicyclic) bond motifs is 9. The highest BCUT2D eigenvalue weighted by atomic mass is 15.1. The Bertz CT molecular complexity index is 3860. The van der Waals surface area contributed by atoms with Crippen molar-refractivity contribution in [1.82, 2.24) is 4.57 Å². The molecule has 1 aliphatic rings. The van der Waals surface area contributed by atoms with E-state index in [9.17, 15) is 0 Å². The maximum atomic E-state index is 2.50. The van der Waals surface area contributed by atoms with Crippen LogP contribution in [0.5, 0.6) is 0 Å². The molecule has 0 bridgehead atoms. The van der Waals surface area contributed by atoms with Crippen LogP contribution in [0.4, 0.5) is 17.1 Å². The molecule has 2 nitrogen and oxygen atoms in total. The summed E-state index contributed by atoms with van der Waals surface area (Å²) in [5.74, 6) is 0. The van der Waals surface area contributed by atoms with Gasteiger partial charge in [-0.3, -0.25) is 0 Å². The summed E-state index contributed by atoms with van der Waals surface area (Å²) in [4.78, 5) is 2.50. The molecule has 0 saturated carbocycles. The van der Waals surface area contributed by atoms with E-state index in [1.54, 1.807) is 0 Å². The van der Waals surface area contributed by atoms with Crippen LogP contribution in [0.3, 0.4) is 0 Å². The molecule has 1 aliphatic carbocycles. The third-order valence-electron chi connectivity index (χ3n) is 14.4. The summed E-state index contributed by atoms with van der Waals surface area (Å²) in [6.45, 7) is 4.74. The third kappa shape index (κ3) is 6.10. The fraction of sp³-hybridized carbons (Fsp3) is 0.0462. The summed E-state index contributed by atoms with van der Waals surface area (Å²) in [6, 6.07) is 89.7. The van der Waals surface area contributed by atoms with E-state index in [2.05, 4.69) is 266 Å². The quantitative estimate of drug-likeness (QED) is 0.145. The largest absolute Gasteiger partial charge is 0.310 e. The average molecular weight is 855 g/mol. The molecular formula is C65H46N2. The van der Waals surface area contributed by atoms with Crippen molar-refractivity contribution >= 4 is 60.4 Å². The smallest absolute Gasteiger partial charge is 0.0541 e. The molecular weight excluding hydrogens is 809 g/mol. The number of para-hydroxylation sites is 4. The molecule has 0 atom stereocenters. The number of aromatic nitrogens is 1. The maximum absolute atomic E-state index is 2.50. The van der Waals surface area contributed by atoms with Gasteiger partial charge in [0.1, 0.15) is 0 Å². The number of anilines is 3. The zero-order valence-electron chi connectivity index (χ0n) is 37.5. The van der Waals surface area contributed by atoms with Gasteiger partial charge in [0.05, 0.1) is 22.4 Å². The summed E-state index contributed by atoms with van der Waals surface area (Å²) in [5.41, 5.74) is 19.1. The van der Waals surface area contributed by atoms with Gasteiger partial charge in [-0.05, 0) is 121 Å². The summed E-state index contributed by atoms with van der Waals surface area (Å²) in [5, 5.41) is 7.44. The zero-order valence-corrected chi connectivity index (χ0v) is 37.5. The Morgan fingerprint density at radius 3 is 1.63 bits per heavy atom. The summed E-state index contributed by atoms with van der Waals surface area (Å²) in [6.07, 6.45) is 0. The lowest BCUT2D eigenvalue weighted by molar-refractivity contribution is 0.660. The van der Waals surface area contributed by atoms with Crippen LogP contribution in [0, 0.1) is 0 Å². The average Bonchev–Trinajstić information content (AvgIpc) is 3.84. The van der Waals surface area contributed by atoms with Crippen molar-refractivity contribution < 1.29 is 0 Å². The number of rotatable bonds is 7. The molecule has 11 aromatic carbocycles. The van der Waals surface area contributed by atoms with E-state index in [0.29, 0.717) is 0 Å². The molecule has 0 radical (unpaired) electrons. The zero-order chi connectivity index (χ0) is 44.6. The van der Waals surface area contributed by atoms with E-state index in [1.165, 1.54) is 99.0 Å². The van der Waals surface area contributed by atoms with Gasteiger partial charge in [-0.2, -0.15) is 0 Å². The first kappa shape index (κ1) is 39.0. The fourth-order valence-electron chi connectivity index (χ4n) is 11.3. The molecule has 1 aromatic heterocycles. The van der Waals surface area contributed by atoms with Gasteiger partial charge in [-0.1, -0.05) is 202 Å². The highest BCUT2D eigenvalue weighted by Gasteiger charge is 2.36. The minimum absolute atomic E-state index is 0.165. The van der Waals surface area contributed by atoms with Crippen molar-refractivity contribution in [3.05, 3.63) is 254 Å². The van der Waals surface area contributed by atoms with Crippen LogP contribution in [0.15, 0.2) is 243 Å². The predicted octanol–water partition coefficient (Wildman–Crippen LogP) is 17.9. The molecule has 0 N–H and O–H groups in total.